The molecule has 0 aromatic carbocycles. The van der Waals surface area contributed by atoms with Gasteiger partial charge in [-0.05, 0) is 73.8 Å². The van der Waals surface area contributed by atoms with Crippen LogP contribution < -0.4 is 0 Å². The largest absolute Gasteiger partial charge is 0.459 e. The Bertz CT molecular complexity index is 704. The first-order valence-electron chi connectivity index (χ1n) is 10.4. The van der Waals surface area contributed by atoms with E-state index >= 15 is 0 Å². The lowest BCUT2D eigenvalue weighted by atomic mass is 9.48. The highest BCUT2D eigenvalue weighted by Gasteiger charge is 2.63. The van der Waals surface area contributed by atoms with E-state index in [-0.39, 0.29) is 28.2 Å². The minimum Gasteiger partial charge on any atom is -0.459 e. The summed E-state index contributed by atoms with van der Waals surface area (Å²) in [6.45, 7) is 8.77. The van der Waals surface area contributed by atoms with Crippen molar-refractivity contribution in [3.8, 4) is 0 Å². The minimum atomic E-state index is -0.344. The molecule has 0 bridgehead atoms. The fourth-order valence-corrected chi connectivity index (χ4v) is 6.72. The fraction of sp³-hybridized carbons (Fsp3) is 0.739. The molecule has 2 saturated carbocycles. The molecule has 0 aliphatic heterocycles. The summed E-state index contributed by atoms with van der Waals surface area (Å²) in [5, 5.41) is 0. The Morgan fingerprint density at radius 3 is 2.62 bits per heavy atom. The van der Waals surface area contributed by atoms with Crippen molar-refractivity contribution >= 4 is 11.8 Å². The van der Waals surface area contributed by atoms with Crippen LogP contribution >= 0.6 is 0 Å². The van der Waals surface area contributed by atoms with Crippen molar-refractivity contribution in [3.63, 3.8) is 0 Å². The maximum Gasteiger partial charge on any atom is 0.306 e. The number of ether oxygens (including phenoxy) is 1. The quantitative estimate of drug-likeness (QED) is 0.654. The lowest BCUT2D eigenvalue weighted by Crippen LogP contribution is -2.54. The molecule has 26 heavy (non-hydrogen) atoms. The second kappa shape index (κ2) is 5.81. The number of ketones is 1. The second-order valence-corrected chi connectivity index (χ2v) is 9.69. The highest BCUT2D eigenvalue weighted by atomic mass is 16.6. The minimum absolute atomic E-state index is 0.0470. The molecular weight excluding hydrogens is 324 g/mol. The topological polar surface area (TPSA) is 43.4 Å². The van der Waals surface area contributed by atoms with E-state index in [1.807, 2.05) is 13.0 Å². The molecule has 4 aliphatic rings. The first-order chi connectivity index (χ1) is 12.2. The highest BCUT2D eigenvalue weighted by molar-refractivity contribution is 5.92. The van der Waals surface area contributed by atoms with Gasteiger partial charge in [-0.1, -0.05) is 32.9 Å². The van der Waals surface area contributed by atoms with Crippen LogP contribution in [0.2, 0.25) is 0 Å². The van der Waals surface area contributed by atoms with Gasteiger partial charge in [0, 0.05) is 18.3 Å². The van der Waals surface area contributed by atoms with Crippen molar-refractivity contribution in [1.82, 2.24) is 0 Å². The van der Waals surface area contributed by atoms with E-state index < -0.39 is 0 Å². The van der Waals surface area contributed by atoms with Crippen LogP contribution in [0.3, 0.4) is 0 Å². The van der Waals surface area contributed by atoms with Crippen molar-refractivity contribution in [2.75, 3.05) is 0 Å². The van der Waals surface area contributed by atoms with E-state index in [0.29, 0.717) is 30.6 Å². The number of hydrogen-bond donors (Lipinski definition) is 0. The molecule has 5 unspecified atom stereocenters. The van der Waals surface area contributed by atoms with Crippen molar-refractivity contribution in [3.05, 3.63) is 23.8 Å². The van der Waals surface area contributed by atoms with E-state index in [9.17, 15) is 9.59 Å². The first-order valence-corrected chi connectivity index (χ1v) is 10.4. The van der Waals surface area contributed by atoms with Gasteiger partial charge in [0.25, 0.3) is 0 Å². The van der Waals surface area contributed by atoms with Crippen LogP contribution in [-0.2, 0) is 14.3 Å². The number of hydrogen-bond acceptors (Lipinski definition) is 3. The predicted molar refractivity (Wildman–Crippen MR) is 101 cm³/mol. The Kier molecular flexibility index (Phi) is 4.02. The predicted octanol–water partition coefficient (Wildman–Crippen LogP) is 5.01. The van der Waals surface area contributed by atoms with Crippen LogP contribution in [0, 0.1) is 28.6 Å². The van der Waals surface area contributed by atoms with Crippen molar-refractivity contribution < 1.29 is 14.3 Å². The van der Waals surface area contributed by atoms with Gasteiger partial charge in [0.2, 0.25) is 0 Å². The zero-order chi connectivity index (χ0) is 18.7. The van der Waals surface area contributed by atoms with Gasteiger partial charge in [-0.3, -0.25) is 9.59 Å². The summed E-state index contributed by atoms with van der Waals surface area (Å²) in [6.07, 6.45) is 13.0. The van der Waals surface area contributed by atoms with E-state index in [0.717, 1.165) is 32.1 Å². The van der Waals surface area contributed by atoms with Crippen molar-refractivity contribution in [2.24, 2.45) is 28.6 Å². The Morgan fingerprint density at radius 1 is 1.15 bits per heavy atom. The van der Waals surface area contributed by atoms with Crippen LogP contribution in [0.1, 0.15) is 72.6 Å². The fourth-order valence-electron chi connectivity index (χ4n) is 6.72. The van der Waals surface area contributed by atoms with Gasteiger partial charge in [-0.15, -0.1) is 0 Å². The molecule has 0 amide bonds. The standard InChI is InChI=1S/C23H32O3/c1-5-20(25)26-23(4)13-10-19-17-7-6-15-14-16(24)8-11-21(15,2)18(17)9-12-22(19,23)3/h6-7,14,17-19H,5,8-13H2,1-4H3/t17?,18?,19?,21?,22?,23-/m0/s1. The summed E-state index contributed by atoms with van der Waals surface area (Å²) in [5.74, 6) is 1.91. The van der Waals surface area contributed by atoms with Gasteiger partial charge in [0.05, 0.1) is 0 Å². The average molecular weight is 357 g/mol. The van der Waals surface area contributed by atoms with Crippen LogP contribution in [0.4, 0.5) is 0 Å². The van der Waals surface area contributed by atoms with Gasteiger partial charge in [-0.25, -0.2) is 0 Å². The van der Waals surface area contributed by atoms with Crippen LogP contribution in [-0.4, -0.2) is 17.4 Å². The molecule has 0 aromatic rings. The lowest BCUT2D eigenvalue weighted by Gasteiger charge is -2.57. The van der Waals surface area contributed by atoms with Gasteiger partial charge < -0.3 is 4.74 Å². The van der Waals surface area contributed by atoms with E-state index in [1.165, 1.54) is 5.57 Å². The van der Waals surface area contributed by atoms with Gasteiger partial charge in [0.15, 0.2) is 5.78 Å². The Morgan fingerprint density at radius 2 is 1.88 bits per heavy atom. The van der Waals surface area contributed by atoms with Gasteiger partial charge >= 0.3 is 5.97 Å². The van der Waals surface area contributed by atoms with Crippen LogP contribution in [0.25, 0.3) is 0 Å². The van der Waals surface area contributed by atoms with Crippen molar-refractivity contribution in [1.29, 1.82) is 0 Å². The molecule has 0 aromatic heterocycles. The third-order valence-electron chi connectivity index (χ3n) is 8.67. The smallest absolute Gasteiger partial charge is 0.306 e. The number of fused-ring (bicyclic) bond motifs is 5. The number of carbonyl (C=O) groups excluding carboxylic acids is 2. The molecule has 3 nitrogen and oxygen atoms in total. The Hall–Kier alpha value is -1.38. The van der Waals surface area contributed by atoms with Crippen LogP contribution in [0.15, 0.2) is 23.8 Å². The molecule has 4 aliphatic carbocycles. The first kappa shape index (κ1) is 18.0. The van der Waals surface area contributed by atoms with Crippen molar-refractivity contribution in [2.45, 2.75) is 78.2 Å². The van der Waals surface area contributed by atoms with E-state index in [1.54, 1.807) is 0 Å². The summed E-state index contributed by atoms with van der Waals surface area (Å²) in [5.41, 5.74) is 1.08. The molecule has 0 spiro atoms. The van der Waals surface area contributed by atoms with Crippen LogP contribution in [0.5, 0.6) is 0 Å². The average Bonchev–Trinajstić information content (AvgIpc) is 2.86. The summed E-state index contributed by atoms with van der Waals surface area (Å²) < 4.78 is 6.03. The molecule has 142 valence electrons. The molecule has 0 radical (unpaired) electrons. The molecule has 0 saturated heterocycles. The molecule has 2 fully saturated rings. The third kappa shape index (κ3) is 2.31. The monoisotopic (exact) mass is 356 g/mol. The normalized spacial score (nSPS) is 46.8. The number of rotatable bonds is 2. The summed E-state index contributed by atoms with van der Waals surface area (Å²) >= 11 is 0. The SMILES string of the molecule is CCC(=O)O[C@@]1(C)CCC2C3C=CC4=CC(=O)CCC4(C)C3CCC21C. The third-order valence-corrected chi connectivity index (χ3v) is 8.67. The number of esters is 1. The number of carbonyl (C=O) groups is 2. The molecular formula is C23H32O3. The number of allylic oxidation sites excluding steroid dienone is 4. The van der Waals surface area contributed by atoms with Gasteiger partial charge in [-0.2, -0.15) is 0 Å². The summed E-state index contributed by atoms with van der Waals surface area (Å²) in [7, 11) is 0. The Labute approximate surface area is 157 Å². The van der Waals surface area contributed by atoms with Gasteiger partial charge in [0.1, 0.15) is 5.60 Å². The summed E-state index contributed by atoms with van der Waals surface area (Å²) in [4.78, 5) is 24.0. The molecule has 3 heteroatoms. The van der Waals surface area contributed by atoms with E-state index in [2.05, 4.69) is 32.9 Å². The summed E-state index contributed by atoms with van der Waals surface area (Å²) in [6, 6.07) is 0. The maximum absolute atomic E-state index is 12.1. The second-order valence-electron chi connectivity index (χ2n) is 9.69. The molecule has 4 rings (SSSR count). The lowest BCUT2D eigenvalue weighted by molar-refractivity contribution is -0.177. The highest BCUT2D eigenvalue weighted by Crippen LogP contribution is 2.66. The maximum atomic E-state index is 12.1. The zero-order valence-electron chi connectivity index (χ0n) is 16.6. The molecule has 0 heterocycles. The zero-order valence-corrected chi connectivity index (χ0v) is 16.6. The molecule has 0 N–H and O–H groups in total. The molecule has 6 atom stereocenters. The Balaban J connectivity index is 1.68. The van der Waals surface area contributed by atoms with E-state index in [4.69, 9.17) is 4.74 Å².